The summed E-state index contributed by atoms with van der Waals surface area (Å²) in [5.74, 6) is 1.34. The van der Waals surface area contributed by atoms with E-state index in [0.29, 0.717) is 12.3 Å². The summed E-state index contributed by atoms with van der Waals surface area (Å²) < 4.78 is 12.0. The van der Waals surface area contributed by atoms with Crippen molar-refractivity contribution in [2.24, 2.45) is 4.99 Å². The van der Waals surface area contributed by atoms with Crippen molar-refractivity contribution in [1.82, 2.24) is 10.6 Å². The SMILES string of the molecule is CCNC(=NCCS(=O)C(C)(C)C)NC(C)c1ccc2ccccc2c1. The van der Waals surface area contributed by atoms with Gasteiger partial charge in [0.25, 0.3) is 0 Å². The van der Waals surface area contributed by atoms with Crippen molar-refractivity contribution >= 4 is 27.5 Å². The van der Waals surface area contributed by atoms with Crippen LogP contribution in [-0.2, 0) is 10.8 Å². The summed E-state index contributed by atoms with van der Waals surface area (Å²) in [6.45, 7) is 11.5. The molecule has 2 aromatic carbocycles. The van der Waals surface area contributed by atoms with Crippen LogP contribution in [0.2, 0.25) is 0 Å². The Morgan fingerprint density at radius 3 is 2.50 bits per heavy atom. The Hall–Kier alpha value is -1.88. The standard InChI is InChI=1S/C21H31N3OS/c1-6-22-20(23-13-14-26(25)21(3,4)5)24-16(2)18-12-11-17-9-7-8-10-19(17)15-18/h7-12,15-16H,6,13-14H2,1-5H3,(H2,22,23,24). The van der Waals surface area contributed by atoms with Gasteiger partial charge in [0, 0.05) is 27.8 Å². The lowest BCUT2D eigenvalue weighted by molar-refractivity contribution is 0.648. The quantitative estimate of drug-likeness (QED) is 0.594. The summed E-state index contributed by atoms with van der Waals surface area (Å²) in [6.07, 6.45) is 0. The minimum absolute atomic E-state index is 0.130. The normalized spacial score (nSPS) is 14.9. The van der Waals surface area contributed by atoms with Crippen LogP contribution in [0, 0.1) is 0 Å². The van der Waals surface area contributed by atoms with Gasteiger partial charge in [0.2, 0.25) is 0 Å². The summed E-state index contributed by atoms with van der Waals surface area (Å²) in [5, 5.41) is 9.21. The largest absolute Gasteiger partial charge is 0.357 e. The fraction of sp³-hybridized carbons (Fsp3) is 0.476. The number of nitrogens with one attached hydrogen (secondary N) is 2. The van der Waals surface area contributed by atoms with Crippen molar-refractivity contribution in [3.05, 3.63) is 48.0 Å². The van der Waals surface area contributed by atoms with Crippen molar-refractivity contribution in [2.45, 2.75) is 45.4 Å². The number of aliphatic imine (C=N–C) groups is 1. The van der Waals surface area contributed by atoms with E-state index in [4.69, 9.17) is 0 Å². The molecule has 0 aliphatic rings. The monoisotopic (exact) mass is 373 g/mol. The van der Waals surface area contributed by atoms with Gasteiger partial charge in [-0.05, 0) is 57.0 Å². The molecular weight excluding hydrogens is 342 g/mol. The number of nitrogens with zero attached hydrogens (tertiary/aromatic N) is 1. The molecule has 2 N–H and O–H groups in total. The van der Waals surface area contributed by atoms with Crippen molar-refractivity contribution in [1.29, 1.82) is 0 Å². The molecule has 0 saturated heterocycles. The first-order valence-corrected chi connectivity index (χ1v) is 10.5. The van der Waals surface area contributed by atoms with Crippen LogP contribution >= 0.6 is 0 Å². The lowest BCUT2D eigenvalue weighted by Crippen LogP contribution is -2.39. The molecule has 142 valence electrons. The maximum absolute atomic E-state index is 12.2. The molecule has 0 saturated carbocycles. The molecular formula is C21H31N3OS. The van der Waals surface area contributed by atoms with Crippen LogP contribution in [0.4, 0.5) is 0 Å². The van der Waals surface area contributed by atoms with Crippen molar-refractivity contribution in [2.75, 3.05) is 18.8 Å². The molecule has 26 heavy (non-hydrogen) atoms. The van der Waals surface area contributed by atoms with E-state index < -0.39 is 10.8 Å². The molecule has 2 rings (SSSR count). The summed E-state index contributed by atoms with van der Waals surface area (Å²) >= 11 is 0. The zero-order valence-corrected chi connectivity index (χ0v) is 17.3. The van der Waals surface area contributed by atoms with Gasteiger partial charge in [-0.3, -0.25) is 9.20 Å². The minimum atomic E-state index is -0.885. The van der Waals surface area contributed by atoms with Crippen molar-refractivity contribution < 1.29 is 4.21 Å². The number of hydrogen-bond donors (Lipinski definition) is 2. The zero-order valence-electron chi connectivity index (χ0n) is 16.5. The number of fused-ring (bicyclic) bond motifs is 1. The molecule has 0 aromatic heterocycles. The minimum Gasteiger partial charge on any atom is -0.357 e. The Morgan fingerprint density at radius 2 is 1.85 bits per heavy atom. The van der Waals surface area contributed by atoms with Crippen LogP contribution in [0.25, 0.3) is 10.8 Å². The fourth-order valence-corrected chi connectivity index (χ4v) is 3.50. The van der Waals surface area contributed by atoms with E-state index in [0.717, 1.165) is 12.5 Å². The van der Waals surface area contributed by atoms with E-state index in [1.165, 1.54) is 16.3 Å². The second-order valence-corrected chi connectivity index (χ2v) is 9.72. The second-order valence-electron chi connectivity index (χ2n) is 7.40. The Kier molecular flexibility index (Phi) is 7.21. The van der Waals surface area contributed by atoms with Gasteiger partial charge < -0.3 is 10.6 Å². The molecule has 0 aliphatic heterocycles. The number of guanidine groups is 1. The van der Waals surface area contributed by atoms with Gasteiger partial charge in [0.15, 0.2) is 5.96 Å². The molecule has 0 spiro atoms. The van der Waals surface area contributed by atoms with Gasteiger partial charge in [0.05, 0.1) is 12.6 Å². The molecule has 0 radical (unpaired) electrons. The number of rotatable bonds is 6. The van der Waals surface area contributed by atoms with Crippen LogP contribution in [0.3, 0.4) is 0 Å². The maximum atomic E-state index is 12.2. The highest BCUT2D eigenvalue weighted by Gasteiger charge is 2.18. The van der Waals surface area contributed by atoms with E-state index in [-0.39, 0.29) is 10.8 Å². The fourth-order valence-electron chi connectivity index (χ4n) is 2.63. The van der Waals surface area contributed by atoms with E-state index >= 15 is 0 Å². The zero-order chi connectivity index (χ0) is 19.2. The van der Waals surface area contributed by atoms with Gasteiger partial charge in [-0.15, -0.1) is 0 Å². The first kappa shape index (κ1) is 20.4. The Labute approximate surface area is 159 Å². The van der Waals surface area contributed by atoms with Gasteiger partial charge >= 0.3 is 0 Å². The van der Waals surface area contributed by atoms with E-state index in [2.05, 4.69) is 65.0 Å². The molecule has 0 aliphatic carbocycles. The third-order valence-corrected chi connectivity index (χ3v) is 6.12. The molecule has 0 heterocycles. The Bertz CT molecular complexity index is 780. The molecule has 2 aromatic rings. The third kappa shape index (κ3) is 5.84. The average Bonchev–Trinajstić information content (AvgIpc) is 2.60. The lowest BCUT2D eigenvalue weighted by atomic mass is 10.0. The van der Waals surface area contributed by atoms with Gasteiger partial charge in [0.1, 0.15) is 0 Å². The molecule has 0 fully saturated rings. The molecule has 5 heteroatoms. The molecule has 0 amide bonds. The van der Waals surface area contributed by atoms with E-state index in [1.54, 1.807) is 0 Å². The molecule has 0 bridgehead atoms. The number of benzene rings is 2. The van der Waals surface area contributed by atoms with E-state index in [1.807, 2.05) is 27.7 Å². The summed E-state index contributed by atoms with van der Waals surface area (Å²) in [4.78, 5) is 4.60. The van der Waals surface area contributed by atoms with Gasteiger partial charge in [-0.25, -0.2) is 0 Å². The van der Waals surface area contributed by atoms with E-state index in [9.17, 15) is 4.21 Å². The van der Waals surface area contributed by atoms with Crippen molar-refractivity contribution in [3.8, 4) is 0 Å². The first-order chi connectivity index (χ1) is 12.3. The smallest absolute Gasteiger partial charge is 0.191 e. The molecule has 2 atom stereocenters. The van der Waals surface area contributed by atoms with Crippen LogP contribution in [0.15, 0.2) is 47.5 Å². The maximum Gasteiger partial charge on any atom is 0.191 e. The lowest BCUT2D eigenvalue weighted by Gasteiger charge is -2.19. The van der Waals surface area contributed by atoms with Crippen LogP contribution in [0.1, 0.15) is 46.2 Å². The molecule has 2 unspecified atom stereocenters. The number of hydrogen-bond acceptors (Lipinski definition) is 2. The molecule has 4 nitrogen and oxygen atoms in total. The summed E-state index contributed by atoms with van der Waals surface area (Å²) in [5.41, 5.74) is 1.22. The summed E-state index contributed by atoms with van der Waals surface area (Å²) in [6, 6.07) is 15.0. The Balaban J connectivity index is 2.05. The highest BCUT2D eigenvalue weighted by atomic mass is 32.2. The average molecular weight is 374 g/mol. The predicted molar refractivity (Wildman–Crippen MR) is 114 cm³/mol. The van der Waals surface area contributed by atoms with Gasteiger partial charge in [-0.1, -0.05) is 36.4 Å². The van der Waals surface area contributed by atoms with Gasteiger partial charge in [-0.2, -0.15) is 0 Å². The van der Waals surface area contributed by atoms with Crippen LogP contribution < -0.4 is 10.6 Å². The van der Waals surface area contributed by atoms with Crippen LogP contribution in [-0.4, -0.2) is 33.8 Å². The summed E-state index contributed by atoms with van der Waals surface area (Å²) in [7, 11) is -0.885. The first-order valence-electron chi connectivity index (χ1n) is 9.23. The topological polar surface area (TPSA) is 53.5 Å². The Morgan fingerprint density at radius 1 is 1.15 bits per heavy atom. The highest BCUT2D eigenvalue weighted by molar-refractivity contribution is 7.86. The third-order valence-electron chi connectivity index (χ3n) is 4.20. The predicted octanol–water partition coefficient (Wildman–Crippen LogP) is 4.00. The van der Waals surface area contributed by atoms with Crippen molar-refractivity contribution in [3.63, 3.8) is 0 Å². The van der Waals surface area contributed by atoms with Crippen LogP contribution in [0.5, 0.6) is 0 Å². The second kappa shape index (κ2) is 9.17. The highest BCUT2D eigenvalue weighted by Crippen LogP contribution is 2.20.